The van der Waals surface area contributed by atoms with Gasteiger partial charge in [0.2, 0.25) is 10.0 Å². The summed E-state index contributed by atoms with van der Waals surface area (Å²) in [7, 11) is -3.37. The van der Waals surface area contributed by atoms with E-state index in [0.29, 0.717) is 24.2 Å². The lowest BCUT2D eigenvalue weighted by molar-refractivity contribution is -0.138. The van der Waals surface area contributed by atoms with Crippen molar-refractivity contribution in [3.63, 3.8) is 0 Å². The number of fused-ring (bicyclic) bond motifs is 1. The zero-order valence-corrected chi connectivity index (χ0v) is 17.5. The summed E-state index contributed by atoms with van der Waals surface area (Å²) in [6, 6.07) is 4.89. The number of rotatable bonds is 5. The Hall–Kier alpha value is -2.09. The fourth-order valence-electron chi connectivity index (χ4n) is 4.28. The van der Waals surface area contributed by atoms with E-state index in [0.717, 1.165) is 31.2 Å². The third kappa shape index (κ3) is 4.16. The van der Waals surface area contributed by atoms with Crippen molar-refractivity contribution >= 4 is 27.6 Å². The highest BCUT2D eigenvalue weighted by molar-refractivity contribution is 7.92. The summed E-state index contributed by atoms with van der Waals surface area (Å²) in [6.45, 7) is 4.35. The molecular weight excluding hydrogens is 380 g/mol. The van der Waals surface area contributed by atoms with Gasteiger partial charge >= 0.3 is 5.97 Å². The Balaban J connectivity index is 1.66. The molecule has 3 rings (SSSR count). The van der Waals surface area contributed by atoms with Crippen molar-refractivity contribution in [1.29, 1.82) is 0 Å². The molecular formula is C20H28N2O5S. The zero-order chi connectivity index (χ0) is 20.5. The first kappa shape index (κ1) is 20.6. The first-order chi connectivity index (χ1) is 13.2. The number of likely N-dealkylation sites (tertiary alicyclic amines) is 1. The van der Waals surface area contributed by atoms with Gasteiger partial charge in [-0.3, -0.25) is 9.10 Å². The lowest BCUT2D eigenvalue weighted by atomic mass is 10.00. The van der Waals surface area contributed by atoms with Crippen molar-refractivity contribution in [3.05, 3.63) is 29.3 Å². The number of carbonyl (C=O) groups is 2. The normalized spacial score (nSPS) is 22.1. The molecule has 0 unspecified atom stereocenters. The lowest BCUT2D eigenvalue weighted by Gasteiger charge is -2.35. The predicted octanol–water partition coefficient (Wildman–Crippen LogP) is 2.35. The Morgan fingerprint density at radius 2 is 2.00 bits per heavy atom. The summed E-state index contributed by atoms with van der Waals surface area (Å²) in [5, 5.41) is 0. The molecule has 0 saturated carbocycles. The van der Waals surface area contributed by atoms with E-state index in [1.807, 2.05) is 11.8 Å². The minimum absolute atomic E-state index is 0.155. The van der Waals surface area contributed by atoms with Gasteiger partial charge in [-0.1, -0.05) is 6.92 Å². The lowest BCUT2D eigenvalue weighted by Crippen LogP contribution is -2.45. The van der Waals surface area contributed by atoms with E-state index in [4.69, 9.17) is 4.74 Å². The molecule has 1 fully saturated rings. The molecule has 2 atom stereocenters. The maximum atomic E-state index is 12.5. The van der Waals surface area contributed by atoms with Crippen LogP contribution in [0.4, 0.5) is 5.69 Å². The maximum absolute atomic E-state index is 12.5. The molecule has 0 spiro atoms. The fourth-order valence-corrected chi connectivity index (χ4v) is 5.55. The molecule has 0 bridgehead atoms. The van der Waals surface area contributed by atoms with Crippen LogP contribution in [-0.2, 0) is 26.0 Å². The van der Waals surface area contributed by atoms with Crippen molar-refractivity contribution in [3.8, 4) is 0 Å². The highest BCUT2D eigenvalue weighted by atomic mass is 32.2. The molecule has 154 valence electrons. The quantitative estimate of drug-likeness (QED) is 0.699. The van der Waals surface area contributed by atoms with Crippen LogP contribution < -0.4 is 4.31 Å². The molecule has 0 aliphatic carbocycles. The number of sulfonamides is 1. The van der Waals surface area contributed by atoms with Crippen molar-refractivity contribution in [1.82, 2.24) is 4.90 Å². The van der Waals surface area contributed by atoms with Crippen LogP contribution in [-0.4, -0.2) is 56.7 Å². The van der Waals surface area contributed by atoms with Gasteiger partial charge in [0.15, 0.2) is 6.61 Å². The number of ether oxygens (including phenoxy) is 1. The van der Waals surface area contributed by atoms with Gasteiger partial charge in [-0.25, -0.2) is 13.2 Å². The number of benzene rings is 1. The van der Waals surface area contributed by atoms with E-state index in [1.54, 1.807) is 18.2 Å². The second-order valence-electron chi connectivity index (χ2n) is 7.68. The predicted molar refractivity (Wildman–Crippen MR) is 107 cm³/mol. The Morgan fingerprint density at radius 3 is 2.68 bits per heavy atom. The summed E-state index contributed by atoms with van der Waals surface area (Å²) < 4.78 is 30.6. The van der Waals surface area contributed by atoms with E-state index < -0.39 is 16.0 Å². The highest BCUT2D eigenvalue weighted by Gasteiger charge is 2.33. The maximum Gasteiger partial charge on any atom is 0.338 e. The first-order valence-electron chi connectivity index (χ1n) is 9.81. The summed E-state index contributed by atoms with van der Waals surface area (Å²) >= 11 is 0. The van der Waals surface area contributed by atoms with Crippen LogP contribution in [0.5, 0.6) is 0 Å². The van der Waals surface area contributed by atoms with E-state index >= 15 is 0 Å². The number of amides is 1. The molecule has 1 aromatic rings. The molecule has 1 amide bonds. The molecule has 7 nitrogen and oxygen atoms in total. The Kier molecular flexibility index (Phi) is 5.98. The van der Waals surface area contributed by atoms with Crippen molar-refractivity contribution in [2.45, 2.75) is 58.0 Å². The summed E-state index contributed by atoms with van der Waals surface area (Å²) in [5.74, 6) is -0.718. The smallest absolute Gasteiger partial charge is 0.338 e. The van der Waals surface area contributed by atoms with Crippen LogP contribution in [0.15, 0.2) is 18.2 Å². The SMILES string of the molecule is CC[C@@H]1CCCCN1C(=O)COC(=O)c1ccc2c(c1)C[C@@H](C)N2S(C)(=O)=O. The molecule has 1 saturated heterocycles. The van der Waals surface area contributed by atoms with Gasteiger partial charge in [0, 0.05) is 18.6 Å². The van der Waals surface area contributed by atoms with Crippen LogP contribution in [0.2, 0.25) is 0 Å². The van der Waals surface area contributed by atoms with Crippen LogP contribution >= 0.6 is 0 Å². The van der Waals surface area contributed by atoms with Gasteiger partial charge in [-0.05, 0) is 62.8 Å². The minimum atomic E-state index is -3.37. The largest absolute Gasteiger partial charge is 0.452 e. The average molecular weight is 409 g/mol. The molecule has 2 heterocycles. The van der Waals surface area contributed by atoms with Crippen LogP contribution in [0.1, 0.15) is 55.5 Å². The van der Waals surface area contributed by atoms with Gasteiger partial charge in [0.25, 0.3) is 5.91 Å². The van der Waals surface area contributed by atoms with Crippen LogP contribution in [0.3, 0.4) is 0 Å². The van der Waals surface area contributed by atoms with Gasteiger partial charge in [-0.15, -0.1) is 0 Å². The standard InChI is InChI=1S/C20H28N2O5S/c1-4-17-7-5-6-10-21(17)19(23)13-27-20(24)15-8-9-18-16(12-15)11-14(2)22(18)28(3,25)26/h8-9,12,14,17H,4-7,10-11,13H2,1-3H3/t14-,17-/m1/s1. The average Bonchev–Trinajstić information content (AvgIpc) is 3.00. The molecule has 2 aliphatic rings. The number of hydrogen-bond donors (Lipinski definition) is 0. The Labute approximate surface area is 166 Å². The monoisotopic (exact) mass is 408 g/mol. The van der Waals surface area contributed by atoms with Gasteiger partial charge in [-0.2, -0.15) is 0 Å². The third-order valence-electron chi connectivity index (χ3n) is 5.57. The van der Waals surface area contributed by atoms with E-state index in [9.17, 15) is 18.0 Å². The van der Waals surface area contributed by atoms with E-state index in [-0.39, 0.29) is 24.6 Å². The molecule has 0 aromatic heterocycles. The zero-order valence-electron chi connectivity index (χ0n) is 16.7. The third-order valence-corrected chi connectivity index (χ3v) is 6.84. The minimum Gasteiger partial charge on any atom is -0.452 e. The van der Waals surface area contributed by atoms with Crippen molar-refractivity contribution < 1.29 is 22.7 Å². The number of hydrogen-bond acceptors (Lipinski definition) is 5. The molecule has 2 aliphatic heterocycles. The Bertz CT molecular complexity index is 867. The van der Waals surface area contributed by atoms with Crippen LogP contribution in [0.25, 0.3) is 0 Å². The fraction of sp³-hybridized carbons (Fsp3) is 0.600. The molecule has 0 radical (unpaired) electrons. The number of carbonyl (C=O) groups excluding carboxylic acids is 2. The highest BCUT2D eigenvalue weighted by Crippen LogP contribution is 2.34. The van der Waals surface area contributed by atoms with Gasteiger partial charge in [0.1, 0.15) is 0 Å². The molecule has 28 heavy (non-hydrogen) atoms. The summed E-state index contributed by atoms with van der Waals surface area (Å²) in [4.78, 5) is 26.7. The van der Waals surface area contributed by atoms with Crippen molar-refractivity contribution in [2.75, 3.05) is 23.7 Å². The van der Waals surface area contributed by atoms with Crippen LogP contribution in [0, 0.1) is 0 Å². The van der Waals surface area contributed by atoms with Crippen molar-refractivity contribution in [2.24, 2.45) is 0 Å². The molecule has 1 aromatic carbocycles. The Morgan fingerprint density at radius 1 is 1.25 bits per heavy atom. The number of piperidine rings is 1. The second-order valence-corrected chi connectivity index (χ2v) is 9.54. The number of anilines is 1. The molecule has 8 heteroatoms. The van der Waals surface area contributed by atoms with E-state index in [2.05, 4.69) is 6.92 Å². The number of nitrogens with zero attached hydrogens (tertiary/aromatic N) is 2. The topological polar surface area (TPSA) is 84.0 Å². The summed E-state index contributed by atoms with van der Waals surface area (Å²) in [5.41, 5.74) is 1.72. The van der Waals surface area contributed by atoms with Gasteiger partial charge < -0.3 is 9.64 Å². The summed E-state index contributed by atoms with van der Waals surface area (Å²) in [6.07, 6.45) is 5.72. The van der Waals surface area contributed by atoms with Gasteiger partial charge in [0.05, 0.1) is 17.5 Å². The second kappa shape index (κ2) is 8.11. The first-order valence-corrected chi connectivity index (χ1v) is 11.7. The molecule has 0 N–H and O–H groups in total. The van der Waals surface area contributed by atoms with E-state index in [1.165, 1.54) is 10.6 Å². The number of esters is 1.